The molecular formula is C6H8N4O2S. The van der Waals surface area contributed by atoms with Crippen LogP contribution in [0.4, 0.5) is 0 Å². The van der Waals surface area contributed by atoms with Gasteiger partial charge < -0.3 is 9.84 Å². The van der Waals surface area contributed by atoms with Gasteiger partial charge in [0.25, 0.3) is 5.19 Å². The fourth-order valence-electron chi connectivity index (χ4n) is 0.764. The molecule has 0 aromatic carbocycles. The smallest absolute Gasteiger partial charge is 0.273 e. The van der Waals surface area contributed by atoms with Crippen LogP contribution in [0.1, 0.15) is 10.9 Å². The molecule has 6 nitrogen and oxygen atoms in total. The van der Waals surface area contributed by atoms with Crippen molar-refractivity contribution in [1.29, 1.82) is 0 Å². The quantitative estimate of drug-likeness (QED) is 0.453. The number of azide groups is 1. The first-order valence-electron chi connectivity index (χ1n) is 3.46. The van der Waals surface area contributed by atoms with E-state index in [1.54, 1.807) is 0 Å². The maximum absolute atomic E-state index is 8.87. The van der Waals surface area contributed by atoms with Gasteiger partial charge in [0.05, 0.1) is 19.8 Å². The van der Waals surface area contributed by atoms with Crippen LogP contribution in [-0.4, -0.2) is 23.8 Å². The van der Waals surface area contributed by atoms with Crippen molar-refractivity contribution < 1.29 is 9.84 Å². The Balaban J connectivity index is 2.84. The summed E-state index contributed by atoms with van der Waals surface area (Å²) in [5, 5.41) is 12.8. The second-order valence-corrected chi connectivity index (χ2v) is 3.16. The molecule has 0 amide bonds. The van der Waals surface area contributed by atoms with Gasteiger partial charge in [-0.2, -0.15) is 0 Å². The Bertz CT molecular complexity index is 320. The minimum atomic E-state index is -0.564. The van der Waals surface area contributed by atoms with E-state index in [1.807, 2.05) is 0 Å². The van der Waals surface area contributed by atoms with Crippen molar-refractivity contribution in [3.05, 3.63) is 21.5 Å². The number of aliphatic hydroxyl groups is 1. The summed E-state index contributed by atoms with van der Waals surface area (Å²) in [6.45, 7) is -0.227. The topological polar surface area (TPSA) is 91.1 Å². The molecule has 0 aliphatic carbocycles. The lowest BCUT2D eigenvalue weighted by molar-refractivity contribution is 0.269. The average molecular weight is 200 g/mol. The molecule has 0 bridgehead atoms. The van der Waals surface area contributed by atoms with Crippen molar-refractivity contribution in [2.75, 3.05) is 13.7 Å². The first kappa shape index (κ1) is 9.79. The molecule has 7 heteroatoms. The maximum atomic E-state index is 8.87. The van der Waals surface area contributed by atoms with Crippen molar-refractivity contribution in [1.82, 2.24) is 4.98 Å². The highest BCUT2D eigenvalue weighted by Gasteiger charge is 2.12. The third-order valence-corrected chi connectivity index (χ3v) is 2.43. The van der Waals surface area contributed by atoms with Crippen LogP contribution in [0.3, 0.4) is 0 Å². The number of hydrogen-bond acceptors (Lipinski definition) is 5. The van der Waals surface area contributed by atoms with E-state index in [0.717, 1.165) is 0 Å². The zero-order valence-electron chi connectivity index (χ0n) is 6.91. The van der Waals surface area contributed by atoms with Gasteiger partial charge in [-0.15, -0.1) is 0 Å². The SMILES string of the molecule is COc1ncc(C(CO)N=[N+]=[N-])s1. The first-order chi connectivity index (χ1) is 6.31. The molecule has 13 heavy (non-hydrogen) atoms. The van der Waals surface area contributed by atoms with Crippen LogP contribution in [0.15, 0.2) is 11.3 Å². The summed E-state index contributed by atoms with van der Waals surface area (Å²) in [4.78, 5) is 7.20. The molecule has 1 atom stereocenters. The van der Waals surface area contributed by atoms with E-state index >= 15 is 0 Å². The largest absolute Gasteiger partial charge is 0.473 e. The van der Waals surface area contributed by atoms with E-state index in [1.165, 1.54) is 24.6 Å². The van der Waals surface area contributed by atoms with Gasteiger partial charge in [-0.25, -0.2) is 4.98 Å². The normalized spacial score (nSPS) is 11.8. The van der Waals surface area contributed by atoms with Crippen molar-refractivity contribution in [2.45, 2.75) is 6.04 Å². The molecule has 1 rings (SSSR count). The average Bonchev–Trinajstić information content (AvgIpc) is 2.62. The Hall–Kier alpha value is -1.30. The molecule has 1 unspecified atom stereocenters. The molecule has 0 spiro atoms. The monoisotopic (exact) mass is 200 g/mol. The van der Waals surface area contributed by atoms with Crippen LogP contribution in [0, 0.1) is 0 Å². The highest BCUT2D eigenvalue weighted by molar-refractivity contribution is 7.13. The van der Waals surface area contributed by atoms with E-state index in [0.29, 0.717) is 10.1 Å². The van der Waals surface area contributed by atoms with Crippen molar-refractivity contribution in [3.63, 3.8) is 0 Å². The molecular weight excluding hydrogens is 192 g/mol. The molecule has 1 heterocycles. The molecule has 1 N–H and O–H groups in total. The van der Waals surface area contributed by atoms with Crippen LogP contribution >= 0.6 is 11.3 Å². The lowest BCUT2D eigenvalue weighted by atomic mass is 10.3. The zero-order chi connectivity index (χ0) is 9.68. The lowest BCUT2D eigenvalue weighted by Gasteiger charge is -2.01. The first-order valence-corrected chi connectivity index (χ1v) is 4.28. The number of thiazole rings is 1. The van der Waals surface area contributed by atoms with E-state index in [-0.39, 0.29) is 6.61 Å². The highest BCUT2D eigenvalue weighted by Crippen LogP contribution is 2.27. The second kappa shape index (κ2) is 4.66. The molecule has 1 aromatic heterocycles. The fourth-order valence-corrected chi connectivity index (χ4v) is 1.52. The van der Waals surface area contributed by atoms with E-state index in [4.69, 9.17) is 15.4 Å². The Morgan fingerprint density at radius 1 is 1.92 bits per heavy atom. The maximum Gasteiger partial charge on any atom is 0.273 e. The Labute approximate surface area is 78.4 Å². The van der Waals surface area contributed by atoms with E-state index in [2.05, 4.69) is 15.0 Å². The number of hydrogen-bond donors (Lipinski definition) is 1. The molecule has 0 saturated carbocycles. The lowest BCUT2D eigenvalue weighted by Crippen LogP contribution is -1.96. The summed E-state index contributed by atoms with van der Waals surface area (Å²) in [5.74, 6) is 0. The number of aliphatic hydroxyl groups excluding tert-OH is 1. The molecule has 0 radical (unpaired) electrons. The van der Waals surface area contributed by atoms with Gasteiger partial charge in [-0.3, -0.25) is 0 Å². The van der Waals surface area contributed by atoms with Crippen molar-refractivity contribution in [3.8, 4) is 5.19 Å². The Morgan fingerprint density at radius 2 is 2.69 bits per heavy atom. The minimum absolute atomic E-state index is 0.227. The third-order valence-electron chi connectivity index (χ3n) is 1.37. The van der Waals surface area contributed by atoms with Gasteiger partial charge in [0.1, 0.15) is 0 Å². The molecule has 0 aliphatic heterocycles. The fraction of sp³-hybridized carbons (Fsp3) is 0.500. The van der Waals surface area contributed by atoms with Gasteiger partial charge in [-0.05, 0) is 5.53 Å². The third kappa shape index (κ3) is 2.32. The Kier molecular flexibility index (Phi) is 3.51. The summed E-state index contributed by atoms with van der Waals surface area (Å²) in [6, 6.07) is -0.564. The van der Waals surface area contributed by atoms with Crippen molar-refractivity contribution >= 4 is 11.3 Å². The number of ether oxygens (including phenoxy) is 1. The number of aromatic nitrogens is 1. The van der Waals surface area contributed by atoms with Crippen LogP contribution < -0.4 is 4.74 Å². The van der Waals surface area contributed by atoms with Crippen LogP contribution in [0.2, 0.25) is 0 Å². The molecule has 0 saturated heterocycles. The van der Waals surface area contributed by atoms with Gasteiger partial charge >= 0.3 is 0 Å². The number of rotatable bonds is 4. The molecule has 0 aliphatic rings. The van der Waals surface area contributed by atoms with Crippen LogP contribution in [0.5, 0.6) is 5.19 Å². The predicted molar refractivity (Wildman–Crippen MR) is 47.6 cm³/mol. The minimum Gasteiger partial charge on any atom is -0.473 e. The summed E-state index contributed by atoms with van der Waals surface area (Å²) in [7, 11) is 1.50. The Morgan fingerprint density at radius 3 is 3.15 bits per heavy atom. The summed E-state index contributed by atoms with van der Waals surface area (Å²) < 4.78 is 4.86. The van der Waals surface area contributed by atoms with E-state index in [9.17, 15) is 0 Å². The number of methoxy groups -OCH3 is 1. The van der Waals surface area contributed by atoms with Crippen molar-refractivity contribution in [2.24, 2.45) is 5.11 Å². The summed E-state index contributed by atoms with van der Waals surface area (Å²) in [5.41, 5.74) is 8.19. The summed E-state index contributed by atoms with van der Waals surface area (Å²) in [6.07, 6.45) is 1.53. The molecule has 0 fully saturated rings. The van der Waals surface area contributed by atoms with Gasteiger partial charge in [0.15, 0.2) is 0 Å². The van der Waals surface area contributed by atoms with Gasteiger partial charge in [0.2, 0.25) is 0 Å². The molecule has 70 valence electrons. The number of nitrogens with zero attached hydrogens (tertiary/aromatic N) is 4. The second-order valence-electron chi connectivity index (χ2n) is 2.14. The van der Waals surface area contributed by atoms with Crippen LogP contribution in [-0.2, 0) is 0 Å². The highest BCUT2D eigenvalue weighted by atomic mass is 32.1. The predicted octanol–water partition coefficient (Wildman–Crippen LogP) is 1.50. The molecule has 1 aromatic rings. The standard InChI is InChI=1S/C6H8N4O2S/c1-12-6-8-2-5(13-6)4(3-11)9-10-7/h2,4,11H,3H2,1H3. The van der Waals surface area contributed by atoms with Crippen LogP contribution in [0.25, 0.3) is 10.4 Å². The summed E-state index contributed by atoms with van der Waals surface area (Å²) >= 11 is 1.25. The van der Waals surface area contributed by atoms with Gasteiger partial charge in [-0.1, -0.05) is 16.5 Å². The zero-order valence-corrected chi connectivity index (χ0v) is 7.73. The van der Waals surface area contributed by atoms with E-state index < -0.39 is 6.04 Å². The van der Waals surface area contributed by atoms with Gasteiger partial charge in [0, 0.05) is 16.0 Å².